The van der Waals surface area contributed by atoms with Gasteiger partial charge in [-0.2, -0.15) is 5.26 Å². The summed E-state index contributed by atoms with van der Waals surface area (Å²) in [7, 11) is 0. The number of aryl methyl sites for hydroxylation is 1. The first-order valence-corrected chi connectivity index (χ1v) is 5.57. The fraction of sp³-hybridized carbons (Fsp3) is 0.133. The van der Waals surface area contributed by atoms with Crippen molar-refractivity contribution in [1.29, 1.82) is 5.26 Å². The van der Waals surface area contributed by atoms with Gasteiger partial charge in [-0.05, 0) is 30.7 Å². The van der Waals surface area contributed by atoms with E-state index in [1.54, 1.807) is 30.3 Å². The molecule has 0 saturated heterocycles. The zero-order valence-corrected chi connectivity index (χ0v) is 9.98. The lowest BCUT2D eigenvalue weighted by Crippen LogP contribution is -2.00. The predicted molar refractivity (Wildman–Crippen MR) is 66.6 cm³/mol. The topological polar surface area (TPSA) is 33.0 Å². The maximum atomic E-state index is 13.5. The smallest absolute Gasteiger partial charge is 0.165 e. The van der Waals surface area contributed by atoms with Crippen LogP contribution in [0.4, 0.5) is 4.39 Å². The Kier molecular flexibility index (Phi) is 3.59. The number of nitrogens with zero attached hydrogens (tertiary/aromatic N) is 1. The van der Waals surface area contributed by atoms with Crippen LogP contribution in [0.1, 0.15) is 16.7 Å². The highest BCUT2D eigenvalue weighted by Gasteiger charge is 2.06. The summed E-state index contributed by atoms with van der Waals surface area (Å²) >= 11 is 0. The Morgan fingerprint density at radius 3 is 2.78 bits per heavy atom. The minimum absolute atomic E-state index is 0.185. The molecule has 0 unspecified atom stereocenters. The molecule has 0 amide bonds. The van der Waals surface area contributed by atoms with Gasteiger partial charge in [-0.3, -0.25) is 0 Å². The van der Waals surface area contributed by atoms with E-state index in [-0.39, 0.29) is 12.4 Å². The number of nitriles is 1. The monoisotopic (exact) mass is 241 g/mol. The van der Waals surface area contributed by atoms with E-state index in [9.17, 15) is 4.39 Å². The highest BCUT2D eigenvalue weighted by molar-refractivity contribution is 5.37. The van der Waals surface area contributed by atoms with Gasteiger partial charge in [-0.1, -0.05) is 24.3 Å². The van der Waals surface area contributed by atoms with Crippen LogP contribution in [0.25, 0.3) is 0 Å². The third-order valence-electron chi connectivity index (χ3n) is 2.61. The Bertz CT molecular complexity index is 602. The summed E-state index contributed by atoms with van der Waals surface area (Å²) in [4.78, 5) is 0. The Balaban J connectivity index is 2.17. The van der Waals surface area contributed by atoms with Crippen molar-refractivity contribution in [2.75, 3.05) is 0 Å². The minimum Gasteiger partial charge on any atom is -0.486 e. The number of rotatable bonds is 3. The maximum Gasteiger partial charge on any atom is 0.165 e. The summed E-state index contributed by atoms with van der Waals surface area (Å²) < 4.78 is 18.9. The number of hydrogen-bond donors (Lipinski definition) is 0. The molecule has 0 radical (unpaired) electrons. The molecule has 0 N–H and O–H groups in total. The van der Waals surface area contributed by atoms with Crippen molar-refractivity contribution in [3.8, 4) is 11.8 Å². The van der Waals surface area contributed by atoms with Gasteiger partial charge >= 0.3 is 0 Å². The standard InChI is InChI=1S/C15H12FNO/c1-11-6-7-14(16)15(8-11)18-10-13-5-3-2-4-12(13)9-17/h2-8H,10H2,1H3. The third kappa shape index (κ3) is 2.67. The van der Waals surface area contributed by atoms with E-state index >= 15 is 0 Å². The molecular formula is C15H12FNO. The van der Waals surface area contributed by atoms with Crippen molar-refractivity contribution < 1.29 is 9.13 Å². The summed E-state index contributed by atoms with van der Waals surface area (Å²) in [5.41, 5.74) is 2.23. The minimum atomic E-state index is -0.393. The van der Waals surface area contributed by atoms with Crippen LogP contribution in [-0.2, 0) is 6.61 Å². The maximum absolute atomic E-state index is 13.5. The second-order valence-electron chi connectivity index (χ2n) is 3.99. The zero-order valence-electron chi connectivity index (χ0n) is 9.98. The predicted octanol–water partition coefficient (Wildman–Crippen LogP) is 3.58. The number of hydrogen-bond acceptors (Lipinski definition) is 2. The van der Waals surface area contributed by atoms with Crippen LogP contribution in [0, 0.1) is 24.1 Å². The van der Waals surface area contributed by atoms with Gasteiger partial charge in [0.05, 0.1) is 11.6 Å². The molecule has 2 rings (SSSR count). The van der Waals surface area contributed by atoms with Crippen LogP contribution in [0.3, 0.4) is 0 Å². The van der Waals surface area contributed by atoms with Crippen molar-refractivity contribution in [2.24, 2.45) is 0 Å². The lowest BCUT2D eigenvalue weighted by molar-refractivity contribution is 0.290. The van der Waals surface area contributed by atoms with Gasteiger partial charge < -0.3 is 4.74 Å². The van der Waals surface area contributed by atoms with Crippen molar-refractivity contribution >= 4 is 0 Å². The number of halogens is 1. The molecule has 2 aromatic carbocycles. The van der Waals surface area contributed by atoms with Crippen molar-refractivity contribution in [3.05, 3.63) is 65.0 Å². The molecule has 0 fully saturated rings. The van der Waals surface area contributed by atoms with Crippen molar-refractivity contribution in [3.63, 3.8) is 0 Å². The fourth-order valence-corrected chi connectivity index (χ4v) is 1.63. The van der Waals surface area contributed by atoms with Gasteiger partial charge in [-0.15, -0.1) is 0 Å². The molecule has 0 atom stereocenters. The van der Waals surface area contributed by atoms with E-state index in [2.05, 4.69) is 6.07 Å². The Hall–Kier alpha value is -2.34. The molecule has 0 saturated carbocycles. The van der Waals surface area contributed by atoms with E-state index < -0.39 is 5.82 Å². The molecule has 0 bridgehead atoms. The van der Waals surface area contributed by atoms with Gasteiger partial charge in [0, 0.05) is 5.56 Å². The average molecular weight is 241 g/mol. The molecule has 0 aliphatic carbocycles. The zero-order chi connectivity index (χ0) is 13.0. The summed E-state index contributed by atoms with van der Waals surface area (Å²) in [5.74, 6) is -0.183. The highest BCUT2D eigenvalue weighted by atomic mass is 19.1. The SMILES string of the molecule is Cc1ccc(F)c(OCc2ccccc2C#N)c1. The first kappa shape index (κ1) is 12.1. The second kappa shape index (κ2) is 5.33. The summed E-state index contributed by atoms with van der Waals surface area (Å²) in [5, 5.41) is 8.93. The Labute approximate surface area is 105 Å². The molecule has 2 nitrogen and oxygen atoms in total. The molecule has 18 heavy (non-hydrogen) atoms. The lowest BCUT2D eigenvalue weighted by Gasteiger charge is -2.09. The van der Waals surface area contributed by atoms with Crippen LogP contribution in [0.2, 0.25) is 0 Å². The molecule has 2 aromatic rings. The number of benzene rings is 2. The van der Waals surface area contributed by atoms with Gasteiger partial charge in [0.25, 0.3) is 0 Å². The van der Waals surface area contributed by atoms with Gasteiger partial charge in [-0.25, -0.2) is 4.39 Å². The van der Waals surface area contributed by atoms with Crippen LogP contribution in [0.15, 0.2) is 42.5 Å². The third-order valence-corrected chi connectivity index (χ3v) is 2.61. The highest BCUT2D eigenvalue weighted by Crippen LogP contribution is 2.20. The Morgan fingerprint density at radius 2 is 2.00 bits per heavy atom. The second-order valence-corrected chi connectivity index (χ2v) is 3.99. The lowest BCUT2D eigenvalue weighted by atomic mass is 10.1. The van der Waals surface area contributed by atoms with Gasteiger partial charge in [0.15, 0.2) is 11.6 Å². The van der Waals surface area contributed by atoms with Crippen LogP contribution in [0.5, 0.6) is 5.75 Å². The van der Waals surface area contributed by atoms with E-state index in [0.29, 0.717) is 5.56 Å². The summed E-state index contributed by atoms with van der Waals surface area (Å²) in [6, 6.07) is 13.9. The molecule has 90 valence electrons. The molecular weight excluding hydrogens is 229 g/mol. The van der Waals surface area contributed by atoms with Crippen LogP contribution in [-0.4, -0.2) is 0 Å². The van der Waals surface area contributed by atoms with Crippen LogP contribution >= 0.6 is 0 Å². The molecule has 0 spiro atoms. The van der Waals surface area contributed by atoms with E-state index in [0.717, 1.165) is 11.1 Å². The summed E-state index contributed by atoms with van der Waals surface area (Å²) in [6.07, 6.45) is 0. The molecule has 0 aliphatic heterocycles. The van der Waals surface area contributed by atoms with Gasteiger partial charge in [0.2, 0.25) is 0 Å². The summed E-state index contributed by atoms with van der Waals surface area (Å²) in [6.45, 7) is 2.06. The first-order valence-electron chi connectivity index (χ1n) is 5.57. The molecule has 3 heteroatoms. The molecule has 0 aliphatic rings. The Morgan fingerprint density at radius 1 is 1.22 bits per heavy atom. The largest absolute Gasteiger partial charge is 0.486 e. The van der Waals surface area contributed by atoms with Crippen molar-refractivity contribution in [1.82, 2.24) is 0 Å². The van der Waals surface area contributed by atoms with Gasteiger partial charge in [0.1, 0.15) is 6.61 Å². The molecule has 0 heterocycles. The number of ether oxygens (including phenoxy) is 1. The van der Waals surface area contributed by atoms with Crippen molar-refractivity contribution in [2.45, 2.75) is 13.5 Å². The van der Waals surface area contributed by atoms with Crippen LogP contribution < -0.4 is 4.74 Å². The first-order chi connectivity index (χ1) is 8.70. The fourth-order valence-electron chi connectivity index (χ4n) is 1.63. The van der Waals surface area contributed by atoms with E-state index in [1.165, 1.54) is 6.07 Å². The normalized spacial score (nSPS) is 9.83. The average Bonchev–Trinajstić information content (AvgIpc) is 2.40. The van der Waals surface area contributed by atoms with E-state index in [1.807, 2.05) is 13.0 Å². The quantitative estimate of drug-likeness (QED) is 0.822. The molecule has 0 aromatic heterocycles. The van der Waals surface area contributed by atoms with E-state index in [4.69, 9.17) is 10.00 Å².